The fourth-order valence-electron chi connectivity index (χ4n) is 2.37. The minimum Gasteiger partial charge on any atom is -0.364 e. The summed E-state index contributed by atoms with van der Waals surface area (Å²) in [4.78, 5) is 12.5. The summed E-state index contributed by atoms with van der Waals surface area (Å²) >= 11 is 0. The van der Waals surface area contributed by atoms with Gasteiger partial charge in [0.25, 0.3) is 5.91 Å². The molecule has 1 atom stereocenters. The second-order valence-corrected chi connectivity index (χ2v) is 5.36. The molecule has 0 aliphatic heterocycles. The fourth-order valence-corrected chi connectivity index (χ4v) is 2.37. The van der Waals surface area contributed by atoms with Gasteiger partial charge in [-0.15, -0.1) is 12.4 Å². The molecule has 0 saturated heterocycles. The van der Waals surface area contributed by atoms with E-state index < -0.39 is 23.8 Å². The lowest BCUT2D eigenvalue weighted by Crippen LogP contribution is -2.24. The molecule has 3 N–H and O–H groups in total. The molecule has 0 bridgehead atoms. The molecule has 0 radical (unpaired) electrons. The summed E-state index contributed by atoms with van der Waals surface area (Å²) in [5, 5.41) is 2.49. The quantitative estimate of drug-likeness (QED) is 0.775. The van der Waals surface area contributed by atoms with Crippen LogP contribution in [0.3, 0.4) is 0 Å². The molecular formula is C18H20ClF3N2O2. The maximum absolute atomic E-state index is 13.0. The Labute approximate surface area is 155 Å². The van der Waals surface area contributed by atoms with E-state index in [1.165, 1.54) is 6.07 Å². The van der Waals surface area contributed by atoms with Gasteiger partial charge >= 0.3 is 6.18 Å². The molecule has 0 aromatic heterocycles. The lowest BCUT2D eigenvalue weighted by molar-refractivity contribution is -0.137. The number of hydrogen-bond acceptors (Lipinski definition) is 3. The van der Waals surface area contributed by atoms with Gasteiger partial charge in [-0.25, -0.2) is 0 Å². The van der Waals surface area contributed by atoms with Gasteiger partial charge < -0.3 is 15.8 Å². The minimum absolute atomic E-state index is 0. The van der Waals surface area contributed by atoms with E-state index in [9.17, 15) is 18.0 Å². The summed E-state index contributed by atoms with van der Waals surface area (Å²) in [6, 6.07) is 12.0. The van der Waals surface area contributed by atoms with E-state index in [2.05, 4.69) is 5.32 Å². The molecule has 0 saturated carbocycles. The first-order valence-corrected chi connectivity index (χ1v) is 7.73. The molecule has 4 nitrogen and oxygen atoms in total. The number of amides is 1. The highest BCUT2D eigenvalue weighted by Crippen LogP contribution is 2.32. The summed E-state index contributed by atoms with van der Waals surface area (Å²) in [6.07, 6.45) is -5.44. The smallest absolute Gasteiger partial charge is 0.364 e. The standard InChI is InChI=1S/C18H19F3N2O2.ClH/c1-2-25-16(13-6-4-3-5-7-13)17(24)23-15-9-12(11-22)8-14(10-15)18(19,20)21;/h3-10,16H,2,11,22H2,1H3,(H,23,24);1H. The van der Waals surface area contributed by atoms with Crippen molar-refractivity contribution in [1.29, 1.82) is 0 Å². The van der Waals surface area contributed by atoms with Crippen molar-refractivity contribution in [2.75, 3.05) is 11.9 Å². The Morgan fingerprint density at radius 1 is 1.19 bits per heavy atom. The predicted octanol–water partition coefficient (Wildman–Crippen LogP) is 4.30. The van der Waals surface area contributed by atoms with Crippen LogP contribution in [0.25, 0.3) is 0 Å². The molecule has 2 aromatic rings. The first kappa shape index (κ1) is 22.0. The maximum atomic E-state index is 13.0. The van der Waals surface area contributed by atoms with Gasteiger partial charge in [-0.3, -0.25) is 4.79 Å². The van der Waals surface area contributed by atoms with Crippen molar-refractivity contribution in [3.63, 3.8) is 0 Å². The van der Waals surface area contributed by atoms with E-state index in [0.29, 0.717) is 5.56 Å². The molecule has 2 aromatic carbocycles. The minimum atomic E-state index is -4.52. The van der Waals surface area contributed by atoms with E-state index in [1.54, 1.807) is 37.3 Å². The topological polar surface area (TPSA) is 64.3 Å². The molecule has 1 unspecified atom stereocenters. The van der Waals surface area contributed by atoms with Crippen LogP contribution in [0, 0.1) is 0 Å². The number of benzene rings is 2. The van der Waals surface area contributed by atoms with Gasteiger partial charge in [0.2, 0.25) is 0 Å². The highest BCUT2D eigenvalue weighted by Gasteiger charge is 2.31. The van der Waals surface area contributed by atoms with Crippen LogP contribution in [-0.4, -0.2) is 12.5 Å². The van der Waals surface area contributed by atoms with Gasteiger partial charge in [0.1, 0.15) is 0 Å². The molecule has 0 aliphatic carbocycles. The van der Waals surface area contributed by atoms with E-state index in [4.69, 9.17) is 10.5 Å². The van der Waals surface area contributed by atoms with E-state index in [1.807, 2.05) is 0 Å². The van der Waals surface area contributed by atoms with E-state index >= 15 is 0 Å². The zero-order valence-electron chi connectivity index (χ0n) is 14.0. The van der Waals surface area contributed by atoms with Crippen molar-refractivity contribution < 1.29 is 22.7 Å². The van der Waals surface area contributed by atoms with Crippen molar-refractivity contribution in [3.05, 3.63) is 65.2 Å². The molecule has 2 rings (SSSR count). The molecule has 0 fully saturated rings. The normalized spacial score (nSPS) is 12.2. The number of ether oxygens (including phenoxy) is 1. The van der Waals surface area contributed by atoms with Gasteiger partial charge in [0.15, 0.2) is 6.10 Å². The monoisotopic (exact) mass is 388 g/mol. The first-order chi connectivity index (χ1) is 11.8. The van der Waals surface area contributed by atoms with Gasteiger partial charge in [0.05, 0.1) is 5.56 Å². The molecule has 26 heavy (non-hydrogen) atoms. The van der Waals surface area contributed by atoms with E-state index in [-0.39, 0.29) is 36.8 Å². The summed E-state index contributed by atoms with van der Waals surface area (Å²) < 4.78 is 44.4. The maximum Gasteiger partial charge on any atom is 0.416 e. The fraction of sp³-hybridized carbons (Fsp3) is 0.278. The third kappa shape index (κ3) is 5.72. The van der Waals surface area contributed by atoms with Gasteiger partial charge in [-0.05, 0) is 36.2 Å². The van der Waals surface area contributed by atoms with Crippen LogP contribution in [0.1, 0.15) is 29.7 Å². The van der Waals surface area contributed by atoms with Gasteiger partial charge in [-0.1, -0.05) is 30.3 Å². The van der Waals surface area contributed by atoms with Crippen LogP contribution in [-0.2, 0) is 22.3 Å². The number of nitrogens with one attached hydrogen (secondary N) is 1. The lowest BCUT2D eigenvalue weighted by Gasteiger charge is -2.18. The van der Waals surface area contributed by atoms with Crippen molar-refractivity contribution in [1.82, 2.24) is 0 Å². The molecule has 0 aliphatic rings. The van der Waals surface area contributed by atoms with Crippen molar-refractivity contribution in [3.8, 4) is 0 Å². The third-order valence-electron chi connectivity index (χ3n) is 3.50. The molecule has 0 heterocycles. The predicted molar refractivity (Wildman–Crippen MR) is 96.0 cm³/mol. The number of anilines is 1. The van der Waals surface area contributed by atoms with Crippen LogP contribution in [0.5, 0.6) is 0 Å². The summed E-state index contributed by atoms with van der Waals surface area (Å²) in [5.41, 5.74) is 5.52. The number of hydrogen-bond donors (Lipinski definition) is 2. The third-order valence-corrected chi connectivity index (χ3v) is 3.50. The average molecular weight is 389 g/mol. The Hall–Kier alpha value is -2.09. The molecule has 0 spiro atoms. The summed E-state index contributed by atoms with van der Waals surface area (Å²) in [7, 11) is 0. The Balaban J connectivity index is 0.00000338. The number of carbonyl (C=O) groups excluding carboxylic acids is 1. The number of carbonyl (C=O) groups is 1. The number of halogens is 4. The van der Waals surface area contributed by atoms with Gasteiger partial charge in [0, 0.05) is 18.8 Å². The van der Waals surface area contributed by atoms with Gasteiger partial charge in [-0.2, -0.15) is 13.2 Å². The first-order valence-electron chi connectivity index (χ1n) is 7.73. The molecule has 142 valence electrons. The average Bonchev–Trinajstić information content (AvgIpc) is 2.59. The van der Waals surface area contributed by atoms with Crippen molar-refractivity contribution >= 4 is 24.0 Å². The number of nitrogens with two attached hydrogens (primary N) is 1. The Kier molecular flexibility index (Phi) is 8.08. The van der Waals surface area contributed by atoms with Crippen LogP contribution in [0.4, 0.5) is 18.9 Å². The van der Waals surface area contributed by atoms with E-state index in [0.717, 1.165) is 12.1 Å². The second-order valence-electron chi connectivity index (χ2n) is 5.36. The Morgan fingerprint density at radius 3 is 2.38 bits per heavy atom. The molecule has 8 heteroatoms. The Bertz CT molecular complexity index is 724. The summed E-state index contributed by atoms with van der Waals surface area (Å²) in [5.74, 6) is -0.546. The zero-order chi connectivity index (χ0) is 18.4. The van der Waals surface area contributed by atoms with Crippen molar-refractivity contribution in [2.45, 2.75) is 25.7 Å². The van der Waals surface area contributed by atoms with Crippen LogP contribution >= 0.6 is 12.4 Å². The highest BCUT2D eigenvalue weighted by molar-refractivity contribution is 5.95. The zero-order valence-corrected chi connectivity index (χ0v) is 14.9. The second kappa shape index (κ2) is 9.56. The van der Waals surface area contributed by atoms with Crippen molar-refractivity contribution in [2.24, 2.45) is 5.73 Å². The lowest BCUT2D eigenvalue weighted by atomic mass is 10.1. The molecule has 1 amide bonds. The number of alkyl halides is 3. The van der Waals surface area contributed by atoms with Crippen LogP contribution < -0.4 is 11.1 Å². The summed E-state index contributed by atoms with van der Waals surface area (Å²) in [6.45, 7) is 1.95. The number of rotatable bonds is 6. The Morgan fingerprint density at radius 2 is 1.85 bits per heavy atom. The van der Waals surface area contributed by atoms with Crippen LogP contribution in [0.2, 0.25) is 0 Å². The molecular weight excluding hydrogens is 369 g/mol. The largest absolute Gasteiger partial charge is 0.416 e. The van der Waals surface area contributed by atoms with Crippen LogP contribution in [0.15, 0.2) is 48.5 Å². The highest BCUT2D eigenvalue weighted by atomic mass is 35.5. The SMILES string of the molecule is CCOC(C(=O)Nc1cc(CN)cc(C(F)(F)F)c1)c1ccccc1.Cl.